The van der Waals surface area contributed by atoms with Crippen molar-refractivity contribution >= 4 is 11.6 Å². The van der Waals surface area contributed by atoms with Gasteiger partial charge in [-0.15, -0.1) is 0 Å². The van der Waals surface area contributed by atoms with Crippen molar-refractivity contribution in [1.82, 2.24) is 5.32 Å². The summed E-state index contributed by atoms with van der Waals surface area (Å²) in [6.07, 6.45) is 0.405. The molecule has 0 bridgehead atoms. The van der Waals surface area contributed by atoms with Crippen LogP contribution >= 0.6 is 0 Å². The van der Waals surface area contributed by atoms with Crippen LogP contribution in [0.5, 0.6) is 0 Å². The molecule has 2 rings (SSSR count). The number of morpholine rings is 1. The third-order valence-corrected chi connectivity index (χ3v) is 2.85. The minimum atomic E-state index is -0.0326. The van der Waals surface area contributed by atoms with Crippen LogP contribution in [0.1, 0.15) is 12.0 Å². The first-order chi connectivity index (χ1) is 8.78. The summed E-state index contributed by atoms with van der Waals surface area (Å²) in [7, 11) is 0. The van der Waals surface area contributed by atoms with Crippen LogP contribution in [0, 0.1) is 0 Å². The third kappa shape index (κ3) is 3.80. The van der Waals surface area contributed by atoms with Gasteiger partial charge in [-0.2, -0.15) is 0 Å². The molecule has 1 atom stereocenters. The van der Waals surface area contributed by atoms with Gasteiger partial charge in [-0.3, -0.25) is 4.79 Å². The fraction of sp³-hybridized carbons (Fsp3) is 0.462. The summed E-state index contributed by atoms with van der Waals surface area (Å²) in [5, 5.41) is 15.0. The highest BCUT2D eigenvalue weighted by atomic mass is 16.5. The number of ether oxygens (including phenoxy) is 1. The number of nitrogens with one attached hydrogen (secondary N) is 2. The van der Waals surface area contributed by atoms with Crippen molar-refractivity contribution in [3.05, 3.63) is 29.8 Å². The molecular formula is C13H18N2O3. The Morgan fingerprint density at radius 2 is 2.22 bits per heavy atom. The number of rotatable bonds is 4. The first kappa shape index (κ1) is 13.0. The minimum absolute atomic E-state index is 0.0115. The van der Waals surface area contributed by atoms with Crippen molar-refractivity contribution in [2.75, 3.05) is 25.1 Å². The van der Waals surface area contributed by atoms with Crippen LogP contribution in [0.25, 0.3) is 0 Å². The molecule has 1 amide bonds. The summed E-state index contributed by atoms with van der Waals surface area (Å²) in [4.78, 5) is 11.8. The maximum absolute atomic E-state index is 11.8. The third-order valence-electron chi connectivity index (χ3n) is 2.85. The summed E-state index contributed by atoms with van der Waals surface area (Å²) in [6.45, 7) is 2.10. The number of aliphatic hydroxyl groups excluding tert-OH is 1. The highest BCUT2D eigenvalue weighted by molar-refractivity contribution is 5.91. The van der Waals surface area contributed by atoms with Crippen LogP contribution in [-0.2, 0) is 16.1 Å². The van der Waals surface area contributed by atoms with Gasteiger partial charge in [0.2, 0.25) is 5.91 Å². The Morgan fingerprint density at radius 1 is 1.44 bits per heavy atom. The maximum atomic E-state index is 11.8. The molecule has 1 aromatic carbocycles. The van der Waals surface area contributed by atoms with E-state index in [1.54, 1.807) is 24.3 Å². The summed E-state index contributed by atoms with van der Waals surface area (Å²) >= 11 is 0. The van der Waals surface area contributed by atoms with Crippen LogP contribution in [0.2, 0.25) is 0 Å². The molecule has 1 aliphatic heterocycles. The predicted octanol–water partition coefficient (Wildman–Crippen LogP) is 0.496. The van der Waals surface area contributed by atoms with Gasteiger partial charge in [-0.25, -0.2) is 0 Å². The molecule has 1 heterocycles. The Bertz CT molecular complexity index is 386. The maximum Gasteiger partial charge on any atom is 0.226 e. The molecule has 0 radical (unpaired) electrons. The number of carbonyl (C=O) groups excluding carboxylic acids is 1. The normalized spacial score (nSPS) is 19.5. The van der Waals surface area contributed by atoms with E-state index >= 15 is 0 Å². The Kier molecular flexibility index (Phi) is 4.69. The molecule has 1 saturated heterocycles. The van der Waals surface area contributed by atoms with Crippen LogP contribution in [0.15, 0.2) is 24.3 Å². The number of hydrogen-bond donors (Lipinski definition) is 3. The molecule has 18 heavy (non-hydrogen) atoms. The van der Waals surface area contributed by atoms with Crippen molar-refractivity contribution < 1.29 is 14.6 Å². The number of benzene rings is 1. The van der Waals surface area contributed by atoms with Gasteiger partial charge in [0.15, 0.2) is 0 Å². The minimum Gasteiger partial charge on any atom is -0.392 e. The zero-order chi connectivity index (χ0) is 12.8. The van der Waals surface area contributed by atoms with Crippen LogP contribution < -0.4 is 10.6 Å². The fourth-order valence-electron chi connectivity index (χ4n) is 1.88. The molecule has 5 nitrogen and oxygen atoms in total. The van der Waals surface area contributed by atoms with Crippen LogP contribution in [0.3, 0.4) is 0 Å². The molecule has 1 unspecified atom stereocenters. The Balaban J connectivity index is 1.82. The van der Waals surface area contributed by atoms with E-state index in [1.807, 2.05) is 0 Å². The van der Waals surface area contributed by atoms with Gasteiger partial charge in [0.1, 0.15) is 0 Å². The van der Waals surface area contributed by atoms with Gasteiger partial charge in [-0.05, 0) is 17.7 Å². The van der Waals surface area contributed by atoms with Gasteiger partial charge in [0.05, 0.1) is 19.8 Å². The SMILES string of the molecule is O=C(CC1COCCN1)Nc1ccc(CO)cc1. The topological polar surface area (TPSA) is 70.6 Å². The van der Waals surface area contributed by atoms with Gasteiger partial charge >= 0.3 is 0 Å². The molecular weight excluding hydrogens is 232 g/mol. The van der Waals surface area contributed by atoms with Gasteiger partial charge in [0.25, 0.3) is 0 Å². The highest BCUT2D eigenvalue weighted by Gasteiger charge is 2.16. The number of anilines is 1. The molecule has 3 N–H and O–H groups in total. The molecule has 0 spiro atoms. The van der Waals surface area contributed by atoms with E-state index in [0.717, 1.165) is 17.8 Å². The average Bonchev–Trinajstić information content (AvgIpc) is 2.40. The average molecular weight is 250 g/mol. The van der Waals surface area contributed by atoms with Crippen LogP contribution in [0.4, 0.5) is 5.69 Å². The Hall–Kier alpha value is -1.43. The van der Waals surface area contributed by atoms with Crippen molar-refractivity contribution in [3.63, 3.8) is 0 Å². The second kappa shape index (κ2) is 6.49. The van der Waals surface area contributed by atoms with E-state index in [2.05, 4.69) is 10.6 Å². The second-order valence-corrected chi connectivity index (χ2v) is 4.33. The van der Waals surface area contributed by atoms with E-state index in [0.29, 0.717) is 19.6 Å². The molecule has 1 aromatic rings. The molecule has 0 aromatic heterocycles. The predicted molar refractivity (Wildman–Crippen MR) is 68.2 cm³/mol. The van der Waals surface area contributed by atoms with E-state index in [9.17, 15) is 4.79 Å². The molecule has 5 heteroatoms. The van der Waals surface area contributed by atoms with E-state index < -0.39 is 0 Å². The summed E-state index contributed by atoms with van der Waals surface area (Å²) in [5.74, 6) is -0.0326. The zero-order valence-electron chi connectivity index (χ0n) is 10.2. The lowest BCUT2D eigenvalue weighted by atomic mass is 10.1. The van der Waals surface area contributed by atoms with E-state index in [-0.39, 0.29) is 18.6 Å². The quantitative estimate of drug-likeness (QED) is 0.727. The number of carbonyl (C=O) groups is 1. The van der Waals surface area contributed by atoms with Crippen molar-refractivity contribution in [2.24, 2.45) is 0 Å². The highest BCUT2D eigenvalue weighted by Crippen LogP contribution is 2.10. The smallest absolute Gasteiger partial charge is 0.226 e. The summed E-state index contributed by atoms with van der Waals surface area (Å²) in [5.41, 5.74) is 1.57. The molecule has 0 saturated carbocycles. The summed E-state index contributed by atoms with van der Waals surface area (Å²) in [6, 6.07) is 7.24. The standard InChI is InChI=1S/C13H18N2O3/c16-8-10-1-3-11(4-2-10)15-13(17)7-12-9-18-6-5-14-12/h1-4,12,14,16H,5-9H2,(H,15,17). The van der Waals surface area contributed by atoms with E-state index in [4.69, 9.17) is 9.84 Å². The fourth-order valence-corrected chi connectivity index (χ4v) is 1.88. The monoisotopic (exact) mass is 250 g/mol. The van der Waals surface area contributed by atoms with Gasteiger partial charge in [0, 0.05) is 24.7 Å². The number of hydrogen-bond acceptors (Lipinski definition) is 4. The lowest BCUT2D eigenvalue weighted by Crippen LogP contribution is -2.43. The second-order valence-electron chi connectivity index (χ2n) is 4.33. The van der Waals surface area contributed by atoms with Crippen molar-refractivity contribution in [2.45, 2.75) is 19.1 Å². The first-order valence-electron chi connectivity index (χ1n) is 6.08. The first-order valence-corrected chi connectivity index (χ1v) is 6.08. The molecule has 0 aliphatic carbocycles. The Morgan fingerprint density at radius 3 is 2.83 bits per heavy atom. The van der Waals surface area contributed by atoms with Crippen molar-refractivity contribution in [3.8, 4) is 0 Å². The lowest BCUT2D eigenvalue weighted by Gasteiger charge is -2.23. The summed E-state index contributed by atoms with van der Waals surface area (Å²) < 4.78 is 5.29. The van der Waals surface area contributed by atoms with Gasteiger partial charge < -0.3 is 20.5 Å². The van der Waals surface area contributed by atoms with Crippen LogP contribution in [-0.4, -0.2) is 36.8 Å². The Labute approximate surface area is 106 Å². The number of amides is 1. The zero-order valence-corrected chi connectivity index (χ0v) is 10.2. The van der Waals surface area contributed by atoms with Gasteiger partial charge in [-0.1, -0.05) is 12.1 Å². The van der Waals surface area contributed by atoms with Crippen molar-refractivity contribution in [1.29, 1.82) is 0 Å². The number of aliphatic hydroxyl groups is 1. The molecule has 98 valence electrons. The van der Waals surface area contributed by atoms with E-state index in [1.165, 1.54) is 0 Å². The molecule has 1 aliphatic rings. The molecule has 1 fully saturated rings. The lowest BCUT2D eigenvalue weighted by molar-refractivity contribution is -0.117. The largest absolute Gasteiger partial charge is 0.392 e.